The van der Waals surface area contributed by atoms with Crippen LogP contribution < -0.4 is 5.32 Å². The first-order valence-electron chi connectivity index (χ1n) is 5.25. The summed E-state index contributed by atoms with van der Waals surface area (Å²) in [4.78, 5) is 4.38. The van der Waals surface area contributed by atoms with E-state index in [9.17, 15) is 0 Å². The van der Waals surface area contributed by atoms with Gasteiger partial charge in [0.1, 0.15) is 0 Å². The van der Waals surface area contributed by atoms with Crippen molar-refractivity contribution in [3.63, 3.8) is 0 Å². The summed E-state index contributed by atoms with van der Waals surface area (Å²) in [6, 6.07) is 0.265. The van der Waals surface area contributed by atoms with E-state index in [1.165, 1.54) is 11.4 Å². The third-order valence-corrected chi connectivity index (χ3v) is 2.67. The Morgan fingerprint density at radius 2 is 2.67 bits per heavy atom. The van der Waals surface area contributed by atoms with E-state index >= 15 is 0 Å². The average Bonchev–Trinajstić information content (AvgIpc) is 2.62. The Morgan fingerprint density at radius 3 is 3.47 bits per heavy atom. The maximum atomic E-state index is 5.48. The first-order chi connectivity index (χ1) is 7.33. The lowest BCUT2D eigenvalue weighted by Gasteiger charge is -2.24. The summed E-state index contributed by atoms with van der Waals surface area (Å²) in [5.74, 6) is 0. The maximum Gasteiger partial charge on any atom is 0.0949 e. The molecule has 0 aromatic carbocycles. The molecule has 1 aliphatic heterocycles. The van der Waals surface area contributed by atoms with Crippen molar-refractivity contribution < 1.29 is 4.74 Å². The third-order valence-electron chi connectivity index (χ3n) is 2.67. The van der Waals surface area contributed by atoms with Crippen LogP contribution in [-0.2, 0) is 18.2 Å². The van der Waals surface area contributed by atoms with Gasteiger partial charge in [0, 0.05) is 20.0 Å². The molecule has 0 bridgehead atoms. The van der Waals surface area contributed by atoms with E-state index in [4.69, 9.17) is 4.74 Å². The molecule has 1 N–H and O–H groups in total. The fourth-order valence-electron chi connectivity index (χ4n) is 2.00. The predicted octanol–water partition coefficient (Wildman–Crippen LogP) is 0.809. The number of nitrogens with one attached hydrogen (secondary N) is 1. The molecule has 15 heavy (non-hydrogen) atoms. The molecule has 2 heterocycles. The van der Waals surface area contributed by atoms with E-state index in [-0.39, 0.29) is 6.04 Å². The van der Waals surface area contributed by atoms with Crippen LogP contribution in [0.3, 0.4) is 0 Å². The van der Waals surface area contributed by atoms with Crippen LogP contribution in [0.2, 0.25) is 0 Å². The standard InChI is InChI=1S/C11H17N3O/c1-3-6-15-7-10-11-9(4-5-12-10)13-8-14(11)2/h3,8,10,12H,1,4-7H2,2H3. The molecule has 0 saturated heterocycles. The van der Waals surface area contributed by atoms with Gasteiger partial charge in [-0.05, 0) is 0 Å². The zero-order valence-electron chi connectivity index (χ0n) is 9.07. The number of fused-ring (bicyclic) bond motifs is 1. The van der Waals surface area contributed by atoms with Crippen molar-refractivity contribution in [2.45, 2.75) is 12.5 Å². The molecule has 1 aromatic heterocycles. The molecule has 2 rings (SSSR count). The summed E-state index contributed by atoms with van der Waals surface area (Å²) in [6.07, 6.45) is 4.65. The van der Waals surface area contributed by atoms with Gasteiger partial charge in [-0.1, -0.05) is 6.08 Å². The van der Waals surface area contributed by atoms with Gasteiger partial charge in [-0.15, -0.1) is 6.58 Å². The number of aromatic nitrogens is 2. The Kier molecular flexibility index (Phi) is 3.18. The van der Waals surface area contributed by atoms with Crippen molar-refractivity contribution in [2.24, 2.45) is 7.05 Å². The van der Waals surface area contributed by atoms with Crippen LogP contribution in [-0.4, -0.2) is 29.3 Å². The highest BCUT2D eigenvalue weighted by Gasteiger charge is 2.23. The number of hydrogen-bond donors (Lipinski definition) is 1. The van der Waals surface area contributed by atoms with Gasteiger partial charge in [0.25, 0.3) is 0 Å². The summed E-state index contributed by atoms with van der Waals surface area (Å²) < 4.78 is 7.55. The fraction of sp³-hybridized carbons (Fsp3) is 0.545. The molecular weight excluding hydrogens is 190 g/mol. The van der Waals surface area contributed by atoms with E-state index in [2.05, 4.69) is 21.4 Å². The summed E-state index contributed by atoms with van der Waals surface area (Å²) in [5, 5.41) is 3.44. The minimum absolute atomic E-state index is 0.265. The van der Waals surface area contributed by atoms with Crippen molar-refractivity contribution in [2.75, 3.05) is 19.8 Å². The summed E-state index contributed by atoms with van der Waals surface area (Å²) in [7, 11) is 2.03. The first kappa shape index (κ1) is 10.4. The zero-order chi connectivity index (χ0) is 10.7. The van der Waals surface area contributed by atoms with Crippen LogP contribution in [0.1, 0.15) is 17.4 Å². The van der Waals surface area contributed by atoms with E-state index in [0.717, 1.165) is 13.0 Å². The lowest BCUT2D eigenvalue weighted by molar-refractivity contribution is 0.131. The normalized spacial score (nSPS) is 19.9. The average molecular weight is 207 g/mol. The van der Waals surface area contributed by atoms with Crippen LogP contribution in [0.25, 0.3) is 0 Å². The predicted molar refractivity (Wildman–Crippen MR) is 58.7 cm³/mol. The van der Waals surface area contributed by atoms with Gasteiger partial charge in [0.05, 0.1) is 37.0 Å². The highest BCUT2D eigenvalue weighted by molar-refractivity contribution is 5.20. The Morgan fingerprint density at radius 1 is 1.80 bits per heavy atom. The van der Waals surface area contributed by atoms with Crippen molar-refractivity contribution >= 4 is 0 Å². The SMILES string of the molecule is C=CCOCC1NCCc2ncn(C)c21. The molecule has 0 fully saturated rings. The molecule has 1 unspecified atom stereocenters. The Labute approximate surface area is 90.0 Å². The molecule has 0 spiro atoms. The van der Waals surface area contributed by atoms with Crippen molar-refractivity contribution in [3.8, 4) is 0 Å². The number of nitrogens with zero attached hydrogens (tertiary/aromatic N) is 2. The van der Waals surface area contributed by atoms with Crippen LogP contribution in [0.15, 0.2) is 19.0 Å². The number of rotatable bonds is 4. The van der Waals surface area contributed by atoms with E-state index in [1.807, 2.05) is 13.4 Å². The largest absolute Gasteiger partial charge is 0.375 e. The van der Waals surface area contributed by atoms with Crippen LogP contribution in [0.5, 0.6) is 0 Å². The lowest BCUT2D eigenvalue weighted by atomic mass is 10.1. The summed E-state index contributed by atoms with van der Waals surface area (Å²) in [5.41, 5.74) is 2.45. The molecule has 4 heteroatoms. The van der Waals surface area contributed by atoms with Crippen molar-refractivity contribution in [3.05, 3.63) is 30.4 Å². The highest BCUT2D eigenvalue weighted by atomic mass is 16.5. The maximum absolute atomic E-state index is 5.48. The molecule has 1 aromatic rings. The third kappa shape index (κ3) is 2.11. The molecule has 4 nitrogen and oxygen atoms in total. The van der Waals surface area contributed by atoms with Gasteiger partial charge in [0.15, 0.2) is 0 Å². The van der Waals surface area contributed by atoms with Gasteiger partial charge in [-0.3, -0.25) is 0 Å². The van der Waals surface area contributed by atoms with E-state index < -0.39 is 0 Å². The van der Waals surface area contributed by atoms with E-state index in [0.29, 0.717) is 13.2 Å². The first-order valence-corrected chi connectivity index (χ1v) is 5.25. The molecule has 0 radical (unpaired) electrons. The quantitative estimate of drug-likeness (QED) is 0.586. The van der Waals surface area contributed by atoms with Crippen LogP contribution >= 0.6 is 0 Å². The summed E-state index contributed by atoms with van der Waals surface area (Å²) >= 11 is 0. The number of aryl methyl sites for hydroxylation is 1. The van der Waals surface area contributed by atoms with Gasteiger partial charge in [0.2, 0.25) is 0 Å². The minimum Gasteiger partial charge on any atom is -0.375 e. The minimum atomic E-state index is 0.265. The molecule has 0 aliphatic carbocycles. The van der Waals surface area contributed by atoms with Gasteiger partial charge < -0.3 is 14.6 Å². The number of imidazole rings is 1. The number of ether oxygens (including phenoxy) is 1. The van der Waals surface area contributed by atoms with Gasteiger partial charge in [-0.25, -0.2) is 4.98 Å². The van der Waals surface area contributed by atoms with E-state index in [1.54, 1.807) is 6.08 Å². The smallest absolute Gasteiger partial charge is 0.0949 e. The molecule has 82 valence electrons. The Balaban J connectivity index is 2.07. The molecular formula is C11H17N3O. The zero-order valence-corrected chi connectivity index (χ0v) is 9.07. The molecule has 1 aliphatic rings. The second-order valence-electron chi connectivity index (χ2n) is 3.77. The topological polar surface area (TPSA) is 39.1 Å². The van der Waals surface area contributed by atoms with Gasteiger partial charge >= 0.3 is 0 Å². The lowest BCUT2D eigenvalue weighted by Crippen LogP contribution is -2.34. The monoisotopic (exact) mass is 207 g/mol. The fourth-order valence-corrected chi connectivity index (χ4v) is 2.00. The summed E-state index contributed by atoms with van der Waals surface area (Å²) in [6.45, 7) is 5.89. The molecule has 0 amide bonds. The second kappa shape index (κ2) is 4.59. The number of hydrogen-bond acceptors (Lipinski definition) is 3. The molecule has 1 atom stereocenters. The van der Waals surface area contributed by atoms with Gasteiger partial charge in [-0.2, -0.15) is 0 Å². The van der Waals surface area contributed by atoms with Crippen molar-refractivity contribution in [1.82, 2.24) is 14.9 Å². The Bertz CT molecular complexity index is 346. The Hall–Kier alpha value is -1.13. The molecule has 0 saturated carbocycles. The second-order valence-corrected chi connectivity index (χ2v) is 3.77. The highest BCUT2D eigenvalue weighted by Crippen LogP contribution is 2.21. The van der Waals surface area contributed by atoms with Crippen molar-refractivity contribution in [1.29, 1.82) is 0 Å². The van der Waals surface area contributed by atoms with Crippen LogP contribution in [0.4, 0.5) is 0 Å². The van der Waals surface area contributed by atoms with Crippen LogP contribution in [0, 0.1) is 0 Å².